The molecule has 0 radical (unpaired) electrons. The highest BCUT2D eigenvalue weighted by Gasteiger charge is 2.10. The van der Waals surface area contributed by atoms with Gasteiger partial charge in [-0.25, -0.2) is 4.98 Å². The van der Waals surface area contributed by atoms with E-state index in [1.807, 2.05) is 60.7 Å². The molecule has 116 valence electrons. The van der Waals surface area contributed by atoms with Gasteiger partial charge in [-0.05, 0) is 42.0 Å². The van der Waals surface area contributed by atoms with Crippen molar-refractivity contribution < 1.29 is 0 Å². The van der Waals surface area contributed by atoms with Crippen LogP contribution >= 0.6 is 11.6 Å². The molecular weight excluding hydrogens is 316 g/mol. The first-order chi connectivity index (χ1) is 11.8. The average Bonchev–Trinajstić information content (AvgIpc) is 2.99. The molecule has 0 N–H and O–H groups in total. The van der Waals surface area contributed by atoms with Crippen LogP contribution in [0.2, 0.25) is 5.02 Å². The second-order valence-electron chi connectivity index (χ2n) is 5.52. The van der Waals surface area contributed by atoms with E-state index in [1.54, 1.807) is 0 Å². The van der Waals surface area contributed by atoms with E-state index in [0.717, 1.165) is 28.1 Å². The molecule has 2 nitrogen and oxygen atoms in total. The molecule has 0 aliphatic carbocycles. The molecule has 0 unspecified atom stereocenters. The Morgan fingerprint density at radius 2 is 1.50 bits per heavy atom. The zero-order chi connectivity index (χ0) is 16.4. The second-order valence-corrected chi connectivity index (χ2v) is 5.95. The number of rotatable bonds is 3. The number of para-hydroxylation sites is 1. The first-order valence-electron chi connectivity index (χ1n) is 7.78. The molecule has 3 heteroatoms. The van der Waals surface area contributed by atoms with E-state index < -0.39 is 0 Å². The maximum atomic E-state index is 6.20. The molecule has 0 fully saturated rings. The lowest BCUT2D eigenvalue weighted by Gasteiger charge is -2.07. The van der Waals surface area contributed by atoms with Crippen LogP contribution in [0.5, 0.6) is 0 Å². The van der Waals surface area contributed by atoms with Crippen LogP contribution in [0.1, 0.15) is 11.4 Å². The highest BCUT2D eigenvalue weighted by molar-refractivity contribution is 6.31. The maximum Gasteiger partial charge on any atom is 0.138 e. The molecule has 0 amide bonds. The van der Waals surface area contributed by atoms with Gasteiger partial charge in [-0.15, -0.1) is 0 Å². The molecule has 0 atom stereocenters. The highest BCUT2D eigenvalue weighted by atomic mass is 35.5. The molecule has 0 bridgehead atoms. The van der Waals surface area contributed by atoms with Crippen LogP contribution in [0.4, 0.5) is 0 Å². The SMILES string of the molecule is Clc1ccc2nc(/C=C/c3ccccc3)n(-c3ccccc3)c2c1. The summed E-state index contributed by atoms with van der Waals surface area (Å²) < 4.78 is 2.13. The van der Waals surface area contributed by atoms with Gasteiger partial charge in [0.15, 0.2) is 0 Å². The molecular formula is C21H15ClN2. The number of hydrogen-bond donors (Lipinski definition) is 0. The lowest BCUT2D eigenvalue weighted by atomic mass is 10.2. The highest BCUT2D eigenvalue weighted by Crippen LogP contribution is 2.25. The second kappa shape index (κ2) is 6.34. The van der Waals surface area contributed by atoms with Gasteiger partial charge < -0.3 is 0 Å². The largest absolute Gasteiger partial charge is 0.293 e. The fraction of sp³-hybridized carbons (Fsp3) is 0. The van der Waals surface area contributed by atoms with Crippen LogP contribution in [-0.4, -0.2) is 9.55 Å². The van der Waals surface area contributed by atoms with Gasteiger partial charge >= 0.3 is 0 Å². The summed E-state index contributed by atoms with van der Waals surface area (Å²) in [4.78, 5) is 4.76. The Labute approximate surface area is 145 Å². The van der Waals surface area contributed by atoms with Gasteiger partial charge in [-0.1, -0.05) is 66.2 Å². The zero-order valence-electron chi connectivity index (χ0n) is 12.9. The van der Waals surface area contributed by atoms with Crippen molar-refractivity contribution in [3.05, 3.63) is 95.3 Å². The Kier molecular flexibility index (Phi) is 3.89. The van der Waals surface area contributed by atoms with Crippen molar-refractivity contribution in [3.8, 4) is 5.69 Å². The Morgan fingerprint density at radius 1 is 0.792 bits per heavy atom. The van der Waals surface area contributed by atoms with Crippen LogP contribution in [-0.2, 0) is 0 Å². The third kappa shape index (κ3) is 2.84. The fourth-order valence-corrected chi connectivity index (χ4v) is 2.93. The molecule has 3 aromatic carbocycles. The van der Waals surface area contributed by atoms with E-state index >= 15 is 0 Å². The van der Waals surface area contributed by atoms with Gasteiger partial charge in [-0.2, -0.15) is 0 Å². The van der Waals surface area contributed by atoms with Crippen LogP contribution in [0.3, 0.4) is 0 Å². The number of fused-ring (bicyclic) bond motifs is 1. The van der Waals surface area contributed by atoms with Crippen LogP contribution in [0, 0.1) is 0 Å². The third-order valence-corrected chi connectivity index (χ3v) is 4.12. The van der Waals surface area contributed by atoms with Crippen molar-refractivity contribution >= 4 is 34.8 Å². The first-order valence-corrected chi connectivity index (χ1v) is 8.16. The summed E-state index contributed by atoms with van der Waals surface area (Å²) in [5, 5.41) is 0.707. The number of imidazole rings is 1. The molecule has 4 aromatic rings. The van der Waals surface area contributed by atoms with Crippen LogP contribution in [0.15, 0.2) is 78.9 Å². The van der Waals surface area contributed by atoms with E-state index in [0.29, 0.717) is 5.02 Å². The zero-order valence-corrected chi connectivity index (χ0v) is 13.7. The molecule has 1 heterocycles. The molecule has 0 saturated carbocycles. The lowest BCUT2D eigenvalue weighted by molar-refractivity contribution is 1.07. The van der Waals surface area contributed by atoms with Crippen molar-refractivity contribution in [2.24, 2.45) is 0 Å². The van der Waals surface area contributed by atoms with Crippen molar-refractivity contribution in [1.29, 1.82) is 0 Å². The predicted octanol–water partition coefficient (Wildman–Crippen LogP) is 5.85. The first kappa shape index (κ1) is 14.7. The van der Waals surface area contributed by atoms with E-state index in [4.69, 9.17) is 16.6 Å². The quantitative estimate of drug-likeness (QED) is 0.460. The Bertz CT molecular complexity index is 1000. The van der Waals surface area contributed by atoms with Gasteiger partial charge in [0.2, 0.25) is 0 Å². The number of benzene rings is 3. The number of hydrogen-bond acceptors (Lipinski definition) is 1. The van der Waals surface area contributed by atoms with Gasteiger partial charge in [0.1, 0.15) is 5.82 Å². The number of nitrogens with zero attached hydrogens (tertiary/aromatic N) is 2. The van der Waals surface area contributed by atoms with Gasteiger partial charge in [0.05, 0.1) is 11.0 Å². The van der Waals surface area contributed by atoms with Crippen molar-refractivity contribution in [2.45, 2.75) is 0 Å². The van der Waals surface area contributed by atoms with Gasteiger partial charge in [0, 0.05) is 10.7 Å². The molecule has 24 heavy (non-hydrogen) atoms. The van der Waals surface area contributed by atoms with Gasteiger partial charge in [0.25, 0.3) is 0 Å². The third-order valence-electron chi connectivity index (χ3n) is 3.88. The number of aromatic nitrogens is 2. The summed E-state index contributed by atoms with van der Waals surface area (Å²) in [5.74, 6) is 0.877. The standard InChI is InChI=1S/C21H15ClN2/c22-17-12-13-19-20(15-17)24(18-9-5-2-6-10-18)21(23-19)14-11-16-7-3-1-4-8-16/h1-15H/b14-11+. The lowest BCUT2D eigenvalue weighted by Crippen LogP contribution is -1.96. The summed E-state index contributed by atoms with van der Waals surface area (Å²) in [7, 11) is 0. The molecule has 0 aliphatic heterocycles. The topological polar surface area (TPSA) is 17.8 Å². The van der Waals surface area contributed by atoms with Gasteiger partial charge in [-0.3, -0.25) is 4.57 Å². The van der Waals surface area contributed by atoms with Crippen LogP contribution in [0.25, 0.3) is 28.9 Å². The normalized spacial score (nSPS) is 11.4. The Hall–Kier alpha value is -2.84. The molecule has 4 rings (SSSR count). The smallest absolute Gasteiger partial charge is 0.138 e. The summed E-state index contributed by atoms with van der Waals surface area (Å²) >= 11 is 6.20. The molecule has 0 spiro atoms. The molecule has 1 aromatic heterocycles. The van der Waals surface area contributed by atoms with Crippen LogP contribution < -0.4 is 0 Å². The summed E-state index contributed by atoms with van der Waals surface area (Å²) in [6.07, 6.45) is 4.11. The summed E-state index contributed by atoms with van der Waals surface area (Å²) in [6, 6.07) is 26.2. The van der Waals surface area contributed by atoms with E-state index in [9.17, 15) is 0 Å². The molecule has 0 saturated heterocycles. The fourth-order valence-electron chi connectivity index (χ4n) is 2.76. The Balaban J connectivity index is 1.90. The minimum Gasteiger partial charge on any atom is -0.293 e. The van der Waals surface area contributed by atoms with Crippen molar-refractivity contribution in [3.63, 3.8) is 0 Å². The maximum absolute atomic E-state index is 6.20. The van der Waals surface area contributed by atoms with E-state index in [-0.39, 0.29) is 0 Å². The van der Waals surface area contributed by atoms with Crippen molar-refractivity contribution in [2.75, 3.05) is 0 Å². The monoisotopic (exact) mass is 330 g/mol. The Morgan fingerprint density at radius 3 is 2.25 bits per heavy atom. The predicted molar refractivity (Wildman–Crippen MR) is 101 cm³/mol. The van der Waals surface area contributed by atoms with E-state index in [1.165, 1.54) is 0 Å². The molecule has 0 aliphatic rings. The average molecular weight is 331 g/mol. The number of halogens is 1. The van der Waals surface area contributed by atoms with E-state index in [2.05, 4.69) is 34.9 Å². The minimum atomic E-state index is 0.707. The summed E-state index contributed by atoms with van der Waals surface area (Å²) in [5.41, 5.74) is 4.13. The minimum absolute atomic E-state index is 0.707. The van der Waals surface area contributed by atoms with Crippen molar-refractivity contribution in [1.82, 2.24) is 9.55 Å². The summed E-state index contributed by atoms with van der Waals surface area (Å²) in [6.45, 7) is 0.